The Labute approximate surface area is 311 Å². The van der Waals surface area contributed by atoms with Gasteiger partial charge < -0.3 is 9.88 Å². The first-order chi connectivity index (χ1) is 26.8. The number of hydrogen-bond donors (Lipinski definition) is 2. The zero-order valence-corrected chi connectivity index (χ0v) is 29.3. The molecule has 1 aliphatic heterocycles. The number of pyridine rings is 1. The van der Waals surface area contributed by atoms with Gasteiger partial charge in [0.2, 0.25) is 0 Å². The largest absolute Gasteiger partial charge is 0.350 e. The van der Waals surface area contributed by atoms with Crippen molar-refractivity contribution in [3.8, 4) is 11.5 Å². The van der Waals surface area contributed by atoms with Crippen molar-refractivity contribution < 1.29 is 0 Å². The van der Waals surface area contributed by atoms with Crippen LogP contribution in [0.3, 0.4) is 0 Å². The van der Waals surface area contributed by atoms with Gasteiger partial charge in [-0.15, -0.1) is 0 Å². The van der Waals surface area contributed by atoms with Crippen LogP contribution < -0.4 is 10.6 Å². The minimum Gasteiger partial charge on any atom is -0.350 e. The summed E-state index contributed by atoms with van der Waals surface area (Å²) in [7, 11) is 0. The molecule has 11 rings (SSSR count). The van der Waals surface area contributed by atoms with Gasteiger partial charge in [-0.05, 0) is 58.8 Å². The van der Waals surface area contributed by atoms with Crippen LogP contribution in [0.15, 0.2) is 187 Å². The highest BCUT2D eigenvalue weighted by Gasteiger charge is 2.27. The smallest absolute Gasteiger partial charge is 0.137 e. The van der Waals surface area contributed by atoms with Gasteiger partial charge >= 0.3 is 0 Å². The number of aliphatic imine (C=N–C) groups is 1. The summed E-state index contributed by atoms with van der Waals surface area (Å²) in [5, 5.41) is 14.7. The van der Waals surface area contributed by atoms with E-state index >= 15 is 0 Å². The van der Waals surface area contributed by atoms with Crippen molar-refractivity contribution in [2.24, 2.45) is 4.99 Å². The summed E-state index contributed by atoms with van der Waals surface area (Å²) < 4.78 is 4.68. The predicted molar refractivity (Wildman–Crippen MR) is 222 cm³/mol. The first kappa shape index (κ1) is 30.6. The van der Waals surface area contributed by atoms with E-state index in [1.165, 1.54) is 37.8 Å². The molecule has 0 amide bonds. The predicted octanol–water partition coefficient (Wildman–Crippen LogP) is 10.8. The molecular formula is C48H34N6. The molecule has 2 unspecified atom stereocenters. The van der Waals surface area contributed by atoms with E-state index in [0.29, 0.717) is 0 Å². The van der Waals surface area contributed by atoms with E-state index in [9.17, 15) is 0 Å². The average molecular weight is 695 g/mol. The Kier molecular flexibility index (Phi) is 6.97. The second-order valence-electron chi connectivity index (χ2n) is 13.9. The van der Waals surface area contributed by atoms with Gasteiger partial charge in [-0.1, -0.05) is 133 Å². The number of fused-ring (bicyclic) bond motifs is 7. The number of rotatable bonds is 5. The molecule has 0 aliphatic carbocycles. The maximum atomic E-state index is 5.28. The Hall–Kier alpha value is -7.02. The number of aromatic nitrogens is 3. The molecule has 4 heterocycles. The molecule has 0 fully saturated rings. The summed E-state index contributed by atoms with van der Waals surface area (Å²) in [6, 6.07) is 62.3. The Morgan fingerprint density at radius 1 is 0.463 bits per heavy atom. The van der Waals surface area contributed by atoms with E-state index < -0.39 is 0 Å². The van der Waals surface area contributed by atoms with E-state index in [-0.39, 0.29) is 12.3 Å². The van der Waals surface area contributed by atoms with Crippen molar-refractivity contribution in [3.05, 3.63) is 199 Å². The standard InChI is InChI=1S/C48H34N6/c1-3-15-32(16-4-1)46-50-47(52-48(51-46)38-23-13-17-31-14-7-8-20-35(31)38)33-26-27-45(49-30-33)54-42-25-12-10-22-37(42)40-28-39-36-21-9-11-24-41(36)53(43(39)29-44(40)54)34-18-5-2-6-19-34/h1-30,46-47,50H,(H,51,52). The van der Waals surface area contributed by atoms with Crippen LogP contribution in [-0.4, -0.2) is 20.0 Å². The number of para-hydroxylation sites is 3. The van der Waals surface area contributed by atoms with Crippen LogP contribution in [0.5, 0.6) is 0 Å². The number of nitrogens with one attached hydrogen (secondary N) is 2. The maximum absolute atomic E-state index is 5.28. The molecule has 0 saturated heterocycles. The van der Waals surface area contributed by atoms with Crippen LogP contribution in [0.1, 0.15) is 29.0 Å². The first-order valence-corrected chi connectivity index (χ1v) is 18.4. The molecule has 2 N–H and O–H groups in total. The Bertz CT molecular complexity index is 3040. The Morgan fingerprint density at radius 3 is 1.83 bits per heavy atom. The molecule has 1 aliphatic rings. The van der Waals surface area contributed by atoms with Gasteiger partial charge in [-0.2, -0.15) is 0 Å². The highest BCUT2D eigenvalue weighted by molar-refractivity contribution is 6.19. The zero-order chi connectivity index (χ0) is 35.6. The van der Waals surface area contributed by atoms with Crippen LogP contribution in [0.2, 0.25) is 0 Å². The molecule has 7 aromatic carbocycles. The van der Waals surface area contributed by atoms with Crippen LogP contribution in [0, 0.1) is 0 Å². The monoisotopic (exact) mass is 694 g/mol. The van der Waals surface area contributed by atoms with Crippen molar-refractivity contribution in [2.45, 2.75) is 12.3 Å². The van der Waals surface area contributed by atoms with Gasteiger partial charge in [0.1, 0.15) is 24.0 Å². The average Bonchev–Trinajstić information content (AvgIpc) is 3.75. The minimum atomic E-state index is -0.314. The quantitative estimate of drug-likeness (QED) is 0.189. The summed E-state index contributed by atoms with van der Waals surface area (Å²) in [5.41, 5.74) is 8.94. The van der Waals surface area contributed by atoms with Crippen molar-refractivity contribution >= 4 is 60.2 Å². The van der Waals surface area contributed by atoms with Crippen LogP contribution >= 0.6 is 0 Å². The van der Waals surface area contributed by atoms with Gasteiger partial charge in [-0.3, -0.25) is 9.88 Å². The fourth-order valence-corrected chi connectivity index (χ4v) is 8.34. The van der Waals surface area contributed by atoms with E-state index in [1.807, 2.05) is 12.3 Å². The highest BCUT2D eigenvalue weighted by atomic mass is 15.3. The summed E-state index contributed by atoms with van der Waals surface area (Å²) in [6.45, 7) is 0. The van der Waals surface area contributed by atoms with Crippen molar-refractivity contribution in [2.75, 3.05) is 0 Å². The van der Waals surface area contributed by atoms with Gasteiger partial charge in [0.05, 0.1) is 22.1 Å². The summed E-state index contributed by atoms with van der Waals surface area (Å²) >= 11 is 0. The van der Waals surface area contributed by atoms with E-state index in [2.05, 4.69) is 190 Å². The molecule has 6 heteroatoms. The van der Waals surface area contributed by atoms with Crippen molar-refractivity contribution in [1.82, 2.24) is 24.8 Å². The second-order valence-corrected chi connectivity index (χ2v) is 13.9. The molecule has 0 radical (unpaired) electrons. The highest BCUT2D eigenvalue weighted by Crippen LogP contribution is 2.39. The lowest BCUT2D eigenvalue weighted by molar-refractivity contribution is 0.408. The number of benzene rings is 7. The van der Waals surface area contributed by atoms with E-state index in [4.69, 9.17) is 9.98 Å². The zero-order valence-electron chi connectivity index (χ0n) is 29.3. The lowest BCUT2D eigenvalue weighted by Gasteiger charge is -2.32. The minimum absolute atomic E-state index is 0.140. The fraction of sp³-hybridized carbons (Fsp3) is 0.0417. The summed E-state index contributed by atoms with van der Waals surface area (Å²) in [5.74, 6) is 1.71. The van der Waals surface area contributed by atoms with Gasteiger partial charge in [-0.25, -0.2) is 9.98 Å². The van der Waals surface area contributed by atoms with Crippen LogP contribution in [0.25, 0.3) is 65.9 Å². The molecular weight excluding hydrogens is 661 g/mol. The third-order valence-electron chi connectivity index (χ3n) is 10.8. The normalized spacial score (nSPS) is 16.0. The SMILES string of the molecule is c1ccc(C2NC(c3cccc4ccccc34)=NC(c3ccc(-n4c5ccccc5c5cc6c7ccccc7n(-c7ccccc7)c6cc54)nc3)N2)cc1. The van der Waals surface area contributed by atoms with E-state index in [0.717, 1.165) is 50.6 Å². The van der Waals surface area contributed by atoms with Crippen LogP contribution in [0.4, 0.5) is 0 Å². The molecule has 0 spiro atoms. The lowest BCUT2D eigenvalue weighted by atomic mass is 10.0. The third kappa shape index (κ3) is 4.85. The molecule has 54 heavy (non-hydrogen) atoms. The molecule has 6 nitrogen and oxygen atoms in total. The second kappa shape index (κ2) is 12.3. The molecule has 0 bridgehead atoms. The van der Waals surface area contributed by atoms with Gasteiger partial charge in [0, 0.05) is 44.6 Å². The van der Waals surface area contributed by atoms with Crippen LogP contribution in [-0.2, 0) is 0 Å². The molecule has 3 aromatic heterocycles. The van der Waals surface area contributed by atoms with Gasteiger partial charge in [0.15, 0.2) is 0 Å². The van der Waals surface area contributed by atoms with E-state index in [1.54, 1.807) is 0 Å². The molecule has 2 atom stereocenters. The molecule has 0 saturated carbocycles. The summed E-state index contributed by atoms with van der Waals surface area (Å²) in [4.78, 5) is 10.5. The van der Waals surface area contributed by atoms with Crippen molar-refractivity contribution in [1.29, 1.82) is 0 Å². The summed E-state index contributed by atoms with van der Waals surface area (Å²) in [6.07, 6.45) is 1.52. The fourth-order valence-electron chi connectivity index (χ4n) is 8.34. The van der Waals surface area contributed by atoms with Gasteiger partial charge in [0.25, 0.3) is 0 Å². The first-order valence-electron chi connectivity index (χ1n) is 18.4. The topological polar surface area (TPSA) is 59.2 Å². The number of nitrogens with zero attached hydrogens (tertiary/aromatic N) is 4. The molecule has 256 valence electrons. The number of amidine groups is 1. The Morgan fingerprint density at radius 2 is 1.09 bits per heavy atom. The number of hydrogen-bond acceptors (Lipinski definition) is 4. The van der Waals surface area contributed by atoms with Crippen molar-refractivity contribution in [3.63, 3.8) is 0 Å². The maximum Gasteiger partial charge on any atom is 0.137 e. The molecule has 10 aromatic rings. The Balaban J connectivity index is 1.06. The lowest BCUT2D eigenvalue weighted by Crippen LogP contribution is -2.45. The third-order valence-corrected chi connectivity index (χ3v) is 10.8.